The monoisotopic (exact) mass is 247 g/mol. The first-order chi connectivity index (χ1) is 8.41. The van der Waals surface area contributed by atoms with Gasteiger partial charge in [-0.25, -0.2) is 0 Å². The number of hydrogen-bond donors (Lipinski definition) is 0. The molecule has 0 amide bonds. The third kappa shape index (κ3) is 14.7. The van der Waals surface area contributed by atoms with Crippen LogP contribution >= 0.6 is 0 Å². The summed E-state index contributed by atoms with van der Waals surface area (Å²) in [6, 6.07) is 0. The van der Waals surface area contributed by atoms with E-state index in [9.17, 15) is 4.79 Å². The number of rotatable bonds is 13. The topological polar surface area (TPSA) is 103 Å². The molecule has 8 nitrogen and oxygen atoms in total. The van der Waals surface area contributed by atoms with Gasteiger partial charge in [0.1, 0.15) is 6.61 Å². The summed E-state index contributed by atoms with van der Waals surface area (Å²) in [4.78, 5) is 12.4. The lowest BCUT2D eigenvalue weighted by Gasteiger charge is -2.05. The van der Waals surface area contributed by atoms with Crippen molar-refractivity contribution in [2.45, 2.75) is 0 Å². The maximum atomic E-state index is 9.76. The van der Waals surface area contributed by atoms with Crippen molar-refractivity contribution in [1.29, 1.82) is 0 Å². The zero-order valence-corrected chi connectivity index (χ0v) is 9.62. The molecule has 0 aromatic rings. The summed E-state index contributed by atoms with van der Waals surface area (Å²) >= 11 is 0. The van der Waals surface area contributed by atoms with Gasteiger partial charge in [0.2, 0.25) is 0 Å². The van der Waals surface area contributed by atoms with Gasteiger partial charge in [-0.1, -0.05) is 5.11 Å². The van der Waals surface area contributed by atoms with Crippen LogP contribution in [0.5, 0.6) is 0 Å². The fourth-order valence-corrected chi connectivity index (χ4v) is 0.847. The first kappa shape index (κ1) is 15.7. The molecule has 0 rings (SSSR count). The van der Waals surface area contributed by atoms with Crippen molar-refractivity contribution in [3.63, 3.8) is 0 Å². The first-order valence-corrected chi connectivity index (χ1v) is 5.21. The van der Waals surface area contributed by atoms with Crippen LogP contribution < -0.4 is 0 Å². The number of hydrogen-bond acceptors (Lipinski definition) is 6. The quantitative estimate of drug-likeness (QED) is 0.155. The standard InChI is InChI=1S/C9H17N3O5/c10-12-11-1-2-14-3-4-15-5-6-16-7-8-17-9-13/h9H,1-8H2. The lowest BCUT2D eigenvalue weighted by molar-refractivity contribution is -0.130. The summed E-state index contributed by atoms with van der Waals surface area (Å²) in [5.41, 5.74) is 7.98. The maximum Gasteiger partial charge on any atom is 0.293 e. The highest BCUT2D eigenvalue weighted by atomic mass is 16.6. The summed E-state index contributed by atoms with van der Waals surface area (Å²) in [5, 5.41) is 3.31. The average Bonchev–Trinajstić information content (AvgIpc) is 2.35. The molecule has 0 fully saturated rings. The van der Waals surface area contributed by atoms with Crippen molar-refractivity contribution in [3.05, 3.63) is 10.4 Å². The van der Waals surface area contributed by atoms with E-state index in [1.54, 1.807) is 0 Å². The van der Waals surface area contributed by atoms with Crippen molar-refractivity contribution < 1.29 is 23.7 Å². The molecule has 0 radical (unpaired) electrons. The van der Waals surface area contributed by atoms with Crippen molar-refractivity contribution in [2.75, 3.05) is 52.8 Å². The van der Waals surface area contributed by atoms with Gasteiger partial charge in [-0.15, -0.1) is 0 Å². The Labute approximate surface area is 99.4 Å². The van der Waals surface area contributed by atoms with Gasteiger partial charge >= 0.3 is 0 Å². The molecule has 0 aromatic carbocycles. The SMILES string of the molecule is [N-]=[N+]=NCCOCCOCCOCCOC=O. The molecule has 0 saturated heterocycles. The molecule has 17 heavy (non-hydrogen) atoms. The van der Waals surface area contributed by atoms with Crippen LogP contribution in [-0.4, -0.2) is 59.3 Å². The minimum Gasteiger partial charge on any atom is -0.465 e. The Hall–Kier alpha value is -1.34. The first-order valence-electron chi connectivity index (χ1n) is 5.21. The van der Waals surface area contributed by atoms with E-state index >= 15 is 0 Å². The molecule has 0 aliphatic rings. The largest absolute Gasteiger partial charge is 0.465 e. The van der Waals surface area contributed by atoms with Crippen molar-refractivity contribution in [2.24, 2.45) is 5.11 Å². The normalized spacial score (nSPS) is 9.65. The number of ether oxygens (including phenoxy) is 4. The molecular weight excluding hydrogens is 230 g/mol. The zero-order valence-electron chi connectivity index (χ0n) is 9.62. The van der Waals surface area contributed by atoms with E-state index in [-0.39, 0.29) is 6.61 Å². The number of azide groups is 1. The predicted octanol–water partition coefficient (Wildman–Crippen LogP) is 0.519. The average molecular weight is 247 g/mol. The molecular formula is C9H17N3O5. The molecule has 0 unspecified atom stereocenters. The minimum atomic E-state index is 0.256. The molecule has 0 aliphatic carbocycles. The van der Waals surface area contributed by atoms with Crippen LogP contribution in [0.15, 0.2) is 5.11 Å². The second-order valence-corrected chi connectivity index (χ2v) is 2.76. The molecule has 98 valence electrons. The molecule has 0 heterocycles. The molecule has 0 N–H and O–H groups in total. The maximum absolute atomic E-state index is 9.76. The van der Waals surface area contributed by atoms with Crippen LogP contribution in [0.25, 0.3) is 10.4 Å². The predicted molar refractivity (Wildman–Crippen MR) is 58.5 cm³/mol. The lowest BCUT2D eigenvalue weighted by Crippen LogP contribution is -2.12. The van der Waals surface area contributed by atoms with Crippen LogP contribution in [0.4, 0.5) is 0 Å². The molecule has 8 heteroatoms. The fraction of sp³-hybridized carbons (Fsp3) is 0.889. The second-order valence-electron chi connectivity index (χ2n) is 2.76. The van der Waals surface area contributed by atoms with Gasteiger partial charge in [0, 0.05) is 11.5 Å². The van der Waals surface area contributed by atoms with E-state index in [1.165, 1.54) is 0 Å². The second kappa shape index (κ2) is 14.7. The summed E-state index contributed by atoms with van der Waals surface area (Å²) in [5.74, 6) is 0. The van der Waals surface area contributed by atoms with Gasteiger partial charge in [-0.3, -0.25) is 4.79 Å². The third-order valence-corrected chi connectivity index (χ3v) is 1.56. The van der Waals surface area contributed by atoms with Gasteiger partial charge in [-0.05, 0) is 5.53 Å². The Bertz CT molecular complexity index is 221. The minimum absolute atomic E-state index is 0.256. The Balaban J connectivity index is 2.93. The summed E-state index contributed by atoms with van der Waals surface area (Å²) < 4.78 is 19.8. The number of carbonyl (C=O) groups excluding carboxylic acids is 1. The number of nitrogens with zero attached hydrogens (tertiary/aromatic N) is 3. The highest BCUT2D eigenvalue weighted by molar-refractivity contribution is 5.36. The summed E-state index contributed by atoms with van der Waals surface area (Å²) in [6.07, 6.45) is 0. The molecule has 0 aliphatic heterocycles. The van der Waals surface area contributed by atoms with E-state index in [2.05, 4.69) is 14.8 Å². The van der Waals surface area contributed by atoms with Crippen molar-refractivity contribution in [1.82, 2.24) is 0 Å². The highest BCUT2D eigenvalue weighted by Crippen LogP contribution is 1.82. The van der Waals surface area contributed by atoms with E-state index in [4.69, 9.17) is 19.7 Å². The lowest BCUT2D eigenvalue weighted by atomic mass is 10.7. The van der Waals surface area contributed by atoms with Gasteiger partial charge in [0.15, 0.2) is 0 Å². The summed E-state index contributed by atoms with van der Waals surface area (Å²) in [6.45, 7) is 3.55. The molecule has 0 bridgehead atoms. The zero-order chi connectivity index (χ0) is 12.6. The van der Waals surface area contributed by atoms with Crippen molar-refractivity contribution in [3.8, 4) is 0 Å². The van der Waals surface area contributed by atoms with E-state index in [0.717, 1.165) is 0 Å². The Morgan fingerprint density at radius 1 is 0.941 bits per heavy atom. The smallest absolute Gasteiger partial charge is 0.293 e. The van der Waals surface area contributed by atoms with Gasteiger partial charge in [-0.2, -0.15) is 0 Å². The summed E-state index contributed by atoms with van der Waals surface area (Å²) in [7, 11) is 0. The molecule has 0 saturated carbocycles. The Morgan fingerprint density at radius 3 is 2.00 bits per heavy atom. The van der Waals surface area contributed by atoms with Crippen LogP contribution in [0, 0.1) is 0 Å². The van der Waals surface area contributed by atoms with Gasteiger partial charge < -0.3 is 18.9 Å². The van der Waals surface area contributed by atoms with Crippen LogP contribution in [0.3, 0.4) is 0 Å². The third-order valence-electron chi connectivity index (χ3n) is 1.56. The molecule has 0 spiro atoms. The molecule has 0 atom stereocenters. The Morgan fingerprint density at radius 2 is 1.47 bits per heavy atom. The number of carbonyl (C=O) groups is 1. The van der Waals surface area contributed by atoms with Crippen LogP contribution in [0.1, 0.15) is 0 Å². The van der Waals surface area contributed by atoms with Crippen LogP contribution in [0.2, 0.25) is 0 Å². The fourth-order valence-electron chi connectivity index (χ4n) is 0.847. The van der Waals surface area contributed by atoms with E-state index in [0.29, 0.717) is 52.7 Å². The van der Waals surface area contributed by atoms with Crippen LogP contribution in [-0.2, 0) is 23.7 Å². The van der Waals surface area contributed by atoms with Gasteiger partial charge in [0.25, 0.3) is 6.47 Å². The highest BCUT2D eigenvalue weighted by Gasteiger charge is 1.91. The van der Waals surface area contributed by atoms with E-state index < -0.39 is 0 Å². The Kier molecular flexibility index (Phi) is 13.5. The molecule has 0 aromatic heterocycles. The van der Waals surface area contributed by atoms with Crippen molar-refractivity contribution >= 4 is 6.47 Å². The van der Waals surface area contributed by atoms with Gasteiger partial charge in [0.05, 0.1) is 39.6 Å². The van der Waals surface area contributed by atoms with E-state index in [1.807, 2.05) is 0 Å².